The smallest absolute Gasteiger partial charge is 0.257 e. The molecule has 0 spiro atoms. The average Bonchev–Trinajstić information content (AvgIpc) is 3.53. The summed E-state index contributed by atoms with van der Waals surface area (Å²) in [6.45, 7) is -0.0688. The van der Waals surface area contributed by atoms with Gasteiger partial charge in [-0.15, -0.1) is 15.3 Å². The van der Waals surface area contributed by atoms with Crippen LogP contribution in [-0.4, -0.2) is 36.1 Å². The molecule has 3 aromatic carbocycles. The number of halogens is 2. The van der Waals surface area contributed by atoms with Gasteiger partial charge >= 0.3 is 0 Å². The Morgan fingerprint density at radius 2 is 1.75 bits per heavy atom. The number of aromatic nitrogens is 6. The van der Waals surface area contributed by atoms with Crippen LogP contribution < -0.4 is 4.74 Å². The zero-order valence-corrected chi connectivity index (χ0v) is 20.3. The summed E-state index contributed by atoms with van der Waals surface area (Å²) >= 11 is 12.2. The first-order valence-electron chi connectivity index (χ1n) is 10.6. The molecule has 2 heterocycles. The largest absolute Gasteiger partial charge is 0.455 e. The summed E-state index contributed by atoms with van der Waals surface area (Å²) in [5, 5.41) is 24.9. The summed E-state index contributed by atoms with van der Waals surface area (Å²) in [5.74, 6) is 1.84. The van der Waals surface area contributed by atoms with E-state index in [0.717, 1.165) is 5.56 Å². The molecule has 0 aliphatic rings. The summed E-state index contributed by atoms with van der Waals surface area (Å²) in [7, 11) is 1.72. The number of oxime groups is 1. The van der Waals surface area contributed by atoms with Gasteiger partial charge in [-0.1, -0.05) is 70.8 Å². The van der Waals surface area contributed by atoms with Crippen molar-refractivity contribution in [2.45, 2.75) is 6.61 Å². The SMILES string of the molecule is Cn1nnnc1/C(=N\OCc1nnc(-c2ccccc2Oc2ccc(Cl)cc2Cl)o1)c1ccccc1. The van der Waals surface area contributed by atoms with Crippen molar-refractivity contribution in [3.8, 4) is 23.0 Å². The summed E-state index contributed by atoms with van der Waals surface area (Å²) in [6, 6.07) is 21.6. The first-order valence-corrected chi connectivity index (χ1v) is 11.4. The van der Waals surface area contributed by atoms with Crippen LogP contribution in [0.2, 0.25) is 10.0 Å². The number of hydrogen-bond donors (Lipinski definition) is 0. The Hall–Kier alpha value is -4.28. The Morgan fingerprint density at radius 1 is 0.944 bits per heavy atom. The van der Waals surface area contributed by atoms with Crippen molar-refractivity contribution in [1.29, 1.82) is 0 Å². The third-order valence-corrected chi connectivity index (χ3v) is 5.45. The van der Waals surface area contributed by atoms with Crippen LogP contribution in [0.5, 0.6) is 11.5 Å². The maximum absolute atomic E-state index is 6.25. The van der Waals surface area contributed by atoms with E-state index in [1.165, 1.54) is 4.68 Å². The number of ether oxygens (including phenoxy) is 1. The monoisotopic (exact) mass is 521 g/mol. The van der Waals surface area contributed by atoms with E-state index in [1.54, 1.807) is 37.4 Å². The lowest BCUT2D eigenvalue weighted by Crippen LogP contribution is -2.12. The number of hydrogen-bond acceptors (Lipinski definition) is 9. The molecule has 0 N–H and O–H groups in total. The normalized spacial score (nSPS) is 11.5. The maximum atomic E-state index is 6.25. The fourth-order valence-corrected chi connectivity index (χ4v) is 3.68. The zero-order chi connectivity index (χ0) is 24.9. The van der Waals surface area contributed by atoms with Gasteiger partial charge in [-0.3, -0.25) is 0 Å². The van der Waals surface area contributed by atoms with Crippen LogP contribution in [0.3, 0.4) is 0 Å². The molecular weight excluding hydrogens is 505 g/mol. The molecule has 0 bridgehead atoms. The van der Waals surface area contributed by atoms with Crippen molar-refractivity contribution in [2.75, 3.05) is 0 Å². The quantitative estimate of drug-likeness (QED) is 0.199. The first kappa shape index (κ1) is 23.5. The zero-order valence-electron chi connectivity index (χ0n) is 18.7. The van der Waals surface area contributed by atoms with Crippen LogP contribution in [0.15, 0.2) is 82.4 Å². The van der Waals surface area contributed by atoms with Crippen molar-refractivity contribution >= 4 is 28.9 Å². The fourth-order valence-electron chi connectivity index (χ4n) is 3.23. The lowest BCUT2D eigenvalue weighted by Gasteiger charge is -2.10. The van der Waals surface area contributed by atoms with Crippen molar-refractivity contribution < 1.29 is 14.0 Å². The Bertz CT molecular complexity index is 1520. The topological polar surface area (TPSA) is 113 Å². The minimum Gasteiger partial charge on any atom is -0.455 e. The molecule has 0 saturated heterocycles. The van der Waals surface area contributed by atoms with Crippen LogP contribution >= 0.6 is 23.2 Å². The molecular formula is C24H17Cl2N7O3. The number of aryl methyl sites for hydroxylation is 1. The molecule has 5 rings (SSSR count). The number of benzene rings is 3. The van der Waals surface area contributed by atoms with Gasteiger partial charge in [0.2, 0.25) is 5.82 Å². The summed E-state index contributed by atoms with van der Waals surface area (Å²) in [6.07, 6.45) is 0. The Balaban J connectivity index is 1.35. The van der Waals surface area contributed by atoms with Gasteiger partial charge in [-0.05, 0) is 40.8 Å². The maximum Gasteiger partial charge on any atom is 0.257 e. The van der Waals surface area contributed by atoms with Gasteiger partial charge < -0.3 is 14.0 Å². The highest BCUT2D eigenvalue weighted by molar-refractivity contribution is 6.35. The van der Waals surface area contributed by atoms with Gasteiger partial charge in [-0.25, -0.2) is 4.68 Å². The second-order valence-electron chi connectivity index (χ2n) is 7.38. The van der Waals surface area contributed by atoms with Crippen molar-refractivity contribution in [3.63, 3.8) is 0 Å². The molecule has 0 fully saturated rings. The molecule has 0 radical (unpaired) electrons. The molecule has 0 aliphatic heterocycles. The van der Waals surface area contributed by atoms with Gasteiger partial charge in [0.15, 0.2) is 12.3 Å². The minimum atomic E-state index is -0.0688. The summed E-state index contributed by atoms with van der Waals surface area (Å²) < 4.78 is 13.3. The molecule has 12 heteroatoms. The van der Waals surface area contributed by atoms with E-state index < -0.39 is 0 Å². The number of para-hydroxylation sites is 1. The fraction of sp³-hybridized carbons (Fsp3) is 0.0833. The van der Waals surface area contributed by atoms with Crippen LogP contribution in [0, 0.1) is 0 Å². The number of rotatable bonds is 8. The molecule has 0 unspecified atom stereocenters. The van der Waals surface area contributed by atoms with Crippen LogP contribution in [0.25, 0.3) is 11.5 Å². The molecule has 0 aliphatic carbocycles. The van der Waals surface area contributed by atoms with E-state index in [9.17, 15) is 0 Å². The molecule has 0 atom stereocenters. The Kier molecular flexibility index (Phi) is 6.87. The van der Waals surface area contributed by atoms with Crippen molar-refractivity contribution in [2.24, 2.45) is 12.2 Å². The third-order valence-electron chi connectivity index (χ3n) is 4.92. The summed E-state index contributed by atoms with van der Waals surface area (Å²) in [4.78, 5) is 5.54. The van der Waals surface area contributed by atoms with Crippen LogP contribution in [0.1, 0.15) is 17.3 Å². The average molecular weight is 522 g/mol. The second-order valence-corrected chi connectivity index (χ2v) is 8.22. The third kappa shape index (κ3) is 5.19. The Labute approximate surface area is 215 Å². The predicted octanol–water partition coefficient (Wildman–Crippen LogP) is 5.33. The molecule has 5 aromatic rings. The first-order chi connectivity index (χ1) is 17.6. The molecule has 0 amide bonds. The highest BCUT2D eigenvalue weighted by atomic mass is 35.5. The predicted molar refractivity (Wildman–Crippen MR) is 132 cm³/mol. The van der Waals surface area contributed by atoms with Crippen LogP contribution in [0.4, 0.5) is 0 Å². The molecule has 36 heavy (non-hydrogen) atoms. The van der Waals surface area contributed by atoms with E-state index in [1.807, 2.05) is 42.5 Å². The highest BCUT2D eigenvalue weighted by Gasteiger charge is 2.17. The van der Waals surface area contributed by atoms with Gasteiger partial charge in [0, 0.05) is 17.6 Å². The second kappa shape index (κ2) is 10.5. The van der Waals surface area contributed by atoms with Crippen molar-refractivity contribution in [3.05, 3.63) is 100 Å². The van der Waals surface area contributed by atoms with Crippen molar-refractivity contribution in [1.82, 2.24) is 30.4 Å². The number of tetrazole rings is 1. The lowest BCUT2D eigenvalue weighted by atomic mass is 10.1. The molecule has 10 nitrogen and oxygen atoms in total. The van der Waals surface area contributed by atoms with E-state index in [2.05, 4.69) is 30.9 Å². The van der Waals surface area contributed by atoms with Gasteiger partial charge in [-0.2, -0.15) is 0 Å². The van der Waals surface area contributed by atoms with Gasteiger partial charge in [0.25, 0.3) is 11.8 Å². The summed E-state index contributed by atoms with van der Waals surface area (Å²) in [5.41, 5.74) is 1.83. The molecule has 2 aromatic heterocycles. The standard InChI is InChI=1S/C24H17Cl2N7O3/c1-33-23(28-31-32-33)22(15-7-3-2-4-8-15)30-34-14-21-27-29-24(36-21)17-9-5-6-10-19(17)35-20-12-11-16(25)13-18(20)26/h2-13H,14H2,1H3/b30-22-. The Morgan fingerprint density at radius 3 is 2.53 bits per heavy atom. The van der Waals surface area contributed by atoms with Gasteiger partial charge in [0.1, 0.15) is 11.5 Å². The van der Waals surface area contributed by atoms with Crippen LogP contribution in [-0.2, 0) is 18.5 Å². The van der Waals surface area contributed by atoms with E-state index in [-0.39, 0.29) is 18.4 Å². The van der Waals surface area contributed by atoms with E-state index in [4.69, 9.17) is 37.2 Å². The minimum absolute atomic E-state index is 0.0688. The highest BCUT2D eigenvalue weighted by Crippen LogP contribution is 2.36. The molecule has 0 saturated carbocycles. The van der Waals surface area contributed by atoms with E-state index in [0.29, 0.717) is 38.6 Å². The number of nitrogens with zero attached hydrogens (tertiary/aromatic N) is 7. The van der Waals surface area contributed by atoms with Gasteiger partial charge in [0.05, 0.1) is 10.6 Å². The van der Waals surface area contributed by atoms with E-state index >= 15 is 0 Å². The lowest BCUT2D eigenvalue weighted by molar-refractivity contribution is 0.111. The molecule has 180 valence electrons.